The van der Waals surface area contributed by atoms with E-state index < -0.39 is 0 Å². The van der Waals surface area contributed by atoms with Crippen molar-refractivity contribution in [3.63, 3.8) is 0 Å². The second-order valence-corrected chi connectivity index (χ2v) is 6.46. The summed E-state index contributed by atoms with van der Waals surface area (Å²) >= 11 is 0. The van der Waals surface area contributed by atoms with E-state index in [1.807, 2.05) is 6.92 Å². The second kappa shape index (κ2) is 6.69. The molecule has 1 aliphatic carbocycles. The van der Waals surface area contributed by atoms with Gasteiger partial charge in [0.1, 0.15) is 5.75 Å². The molecule has 1 heterocycles. The predicted octanol–water partition coefficient (Wildman–Crippen LogP) is 3.73. The zero-order chi connectivity index (χ0) is 14.7. The van der Waals surface area contributed by atoms with Gasteiger partial charge in [0.15, 0.2) is 0 Å². The van der Waals surface area contributed by atoms with Crippen LogP contribution in [0.3, 0.4) is 0 Å². The lowest BCUT2D eigenvalue weighted by atomic mass is 9.93. The van der Waals surface area contributed by atoms with Crippen LogP contribution in [0.4, 0.5) is 5.69 Å². The Morgan fingerprint density at radius 2 is 2.14 bits per heavy atom. The number of aryl methyl sites for hydroxylation is 1. The smallest absolute Gasteiger partial charge is 0.119 e. The van der Waals surface area contributed by atoms with E-state index in [0.29, 0.717) is 6.04 Å². The third-order valence-electron chi connectivity index (χ3n) is 5.03. The molecule has 3 unspecified atom stereocenters. The third-order valence-corrected chi connectivity index (χ3v) is 5.03. The van der Waals surface area contributed by atoms with E-state index in [9.17, 15) is 0 Å². The first-order chi connectivity index (χ1) is 10.3. The molecule has 1 saturated heterocycles. The minimum Gasteiger partial charge on any atom is -0.494 e. The Labute approximate surface area is 128 Å². The average Bonchev–Trinajstić information content (AvgIpc) is 3.13. The van der Waals surface area contributed by atoms with Gasteiger partial charge in [-0.05, 0) is 75.8 Å². The minimum atomic E-state index is 0.622. The molecule has 0 aromatic heterocycles. The van der Waals surface area contributed by atoms with E-state index in [0.717, 1.165) is 24.3 Å². The van der Waals surface area contributed by atoms with Crippen LogP contribution in [0.1, 0.15) is 44.6 Å². The molecule has 0 radical (unpaired) electrons. The van der Waals surface area contributed by atoms with E-state index >= 15 is 0 Å². The molecule has 1 aromatic carbocycles. The van der Waals surface area contributed by atoms with E-state index in [2.05, 4.69) is 35.8 Å². The highest BCUT2D eigenvalue weighted by Gasteiger charge is 2.34. The maximum atomic E-state index is 5.58. The van der Waals surface area contributed by atoms with Gasteiger partial charge in [0.2, 0.25) is 0 Å². The molecule has 116 valence electrons. The Bertz CT molecular complexity index is 468. The Morgan fingerprint density at radius 3 is 2.86 bits per heavy atom. The lowest BCUT2D eigenvalue weighted by molar-refractivity contribution is 0.340. The van der Waals surface area contributed by atoms with Crippen LogP contribution in [-0.2, 0) is 0 Å². The number of ether oxygens (including phenoxy) is 1. The standard InChI is InChI=1S/C18H28N2O/c1-3-21-14-9-10-16(13(2)12-14)20-18-7-4-6-15(18)17-8-5-11-19-17/h9-10,12,15,17-20H,3-8,11H2,1-2H3. The van der Waals surface area contributed by atoms with E-state index in [-0.39, 0.29) is 0 Å². The summed E-state index contributed by atoms with van der Waals surface area (Å²) in [5.41, 5.74) is 2.55. The SMILES string of the molecule is CCOc1ccc(NC2CCCC2C2CCCN2)c(C)c1. The lowest BCUT2D eigenvalue weighted by Crippen LogP contribution is -2.38. The van der Waals surface area contributed by atoms with Crippen LogP contribution >= 0.6 is 0 Å². The largest absolute Gasteiger partial charge is 0.494 e. The van der Waals surface area contributed by atoms with Gasteiger partial charge in [0, 0.05) is 17.8 Å². The number of nitrogens with one attached hydrogen (secondary N) is 2. The van der Waals surface area contributed by atoms with Crippen LogP contribution in [0.5, 0.6) is 5.75 Å². The monoisotopic (exact) mass is 288 g/mol. The Balaban J connectivity index is 1.67. The van der Waals surface area contributed by atoms with Gasteiger partial charge in [-0.2, -0.15) is 0 Å². The first kappa shape index (κ1) is 14.7. The molecule has 1 aromatic rings. The molecular formula is C18H28N2O. The van der Waals surface area contributed by atoms with Crippen molar-refractivity contribution in [1.29, 1.82) is 0 Å². The first-order valence-electron chi connectivity index (χ1n) is 8.51. The third kappa shape index (κ3) is 3.34. The highest BCUT2D eigenvalue weighted by atomic mass is 16.5. The molecule has 1 aliphatic heterocycles. The fourth-order valence-electron chi connectivity index (χ4n) is 3.98. The molecule has 3 rings (SSSR count). The zero-order valence-electron chi connectivity index (χ0n) is 13.3. The molecule has 0 amide bonds. The van der Waals surface area contributed by atoms with Gasteiger partial charge in [-0.3, -0.25) is 0 Å². The number of hydrogen-bond donors (Lipinski definition) is 2. The summed E-state index contributed by atoms with van der Waals surface area (Å²) < 4.78 is 5.58. The molecule has 21 heavy (non-hydrogen) atoms. The van der Waals surface area contributed by atoms with E-state index in [4.69, 9.17) is 4.74 Å². The van der Waals surface area contributed by atoms with Crippen LogP contribution in [0.2, 0.25) is 0 Å². The Hall–Kier alpha value is -1.22. The van der Waals surface area contributed by atoms with Crippen molar-refractivity contribution in [2.75, 3.05) is 18.5 Å². The topological polar surface area (TPSA) is 33.3 Å². The first-order valence-corrected chi connectivity index (χ1v) is 8.51. The summed E-state index contributed by atoms with van der Waals surface area (Å²) in [4.78, 5) is 0. The number of rotatable bonds is 5. The molecule has 2 aliphatic rings. The van der Waals surface area contributed by atoms with Gasteiger partial charge in [-0.15, -0.1) is 0 Å². The molecular weight excluding hydrogens is 260 g/mol. The fraction of sp³-hybridized carbons (Fsp3) is 0.667. The highest BCUT2D eigenvalue weighted by molar-refractivity contribution is 5.54. The average molecular weight is 288 g/mol. The summed E-state index contributed by atoms with van der Waals surface area (Å²) in [6, 6.07) is 7.75. The predicted molar refractivity (Wildman–Crippen MR) is 88.1 cm³/mol. The van der Waals surface area contributed by atoms with Gasteiger partial charge < -0.3 is 15.4 Å². The number of hydrogen-bond acceptors (Lipinski definition) is 3. The Kier molecular flexibility index (Phi) is 4.69. The summed E-state index contributed by atoms with van der Waals surface area (Å²) in [5, 5.41) is 7.50. The summed E-state index contributed by atoms with van der Waals surface area (Å²) in [6.45, 7) is 6.13. The fourth-order valence-corrected chi connectivity index (χ4v) is 3.98. The quantitative estimate of drug-likeness (QED) is 0.866. The minimum absolute atomic E-state index is 0.622. The van der Waals surface area contributed by atoms with Crippen molar-refractivity contribution in [2.45, 2.75) is 58.0 Å². The Morgan fingerprint density at radius 1 is 1.24 bits per heavy atom. The maximum Gasteiger partial charge on any atom is 0.119 e. The van der Waals surface area contributed by atoms with E-state index in [1.165, 1.54) is 49.9 Å². The van der Waals surface area contributed by atoms with Crippen LogP contribution in [0, 0.1) is 12.8 Å². The number of benzene rings is 1. The molecule has 3 atom stereocenters. The summed E-state index contributed by atoms with van der Waals surface area (Å²) in [7, 11) is 0. The molecule has 1 saturated carbocycles. The van der Waals surface area contributed by atoms with Gasteiger partial charge in [-0.1, -0.05) is 6.42 Å². The van der Waals surface area contributed by atoms with Crippen molar-refractivity contribution in [1.82, 2.24) is 5.32 Å². The van der Waals surface area contributed by atoms with Crippen molar-refractivity contribution in [2.24, 2.45) is 5.92 Å². The zero-order valence-corrected chi connectivity index (χ0v) is 13.3. The van der Waals surface area contributed by atoms with Crippen LogP contribution < -0.4 is 15.4 Å². The highest BCUT2D eigenvalue weighted by Crippen LogP contribution is 2.35. The molecule has 0 spiro atoms. The van der Waals surface area contributed by atoms with Gasteiger partial charge in [0.25, 0.3) is 0 Å². The lowest BCUT2D eigenvalue weighted by Gasteiger charge is -2.28. The van der Waals surface area contributed by atoms with E-state index in [1.54, 1.807) is 0 Å². The molecule has 0 bridgehead atoms. The van der Waals surface area contributed by atoms with Crippen molar-refractivity contribution >= 4 is 5.69 Å². The maximum absolute atomic E-state index is 5.58. The number of anilines is 1. The summed E-state index contributed by atoms with van der Waals surface area (Å²) in [5.74, 6) is 1.76. The van der Waals surface area contributed by atoms with Crippen molar-refractivity contribution < 1.29 is 4.74 Å². The summed E-state index contributed by atoms with van der Waals surface area (Å²) in [6.07, 6.45) is 6.72. The molecule has 2 fully saturated rings. The van der Waals surface area contributed by atoms with Gasteiger partial charge in [-0.25, -0.2) is 0 Å². The van der Waals surface area contributed by atoms with Crippen molar-refractivity contribution in [3.05, 3.63) is 23.8 Å². The van der Waals surface area contributed by atoms with Crippen LogP contribution in [-0.4, -0.2) is 25.2 Å². The molecule has 3 heteroatoms. The normalized spacial score (nSPS) is 28.8. The van der Waals surface area contributed by atoms with Gasteiger partial charge in [0.05, 0.1) is 6.61 Å². The molecule has 2 N–H and O–H groups in total. The second-order valence-electron chi connectivity index (χ2n) is 6.46. The van der Waals surface area contributed by atoms with Crippen LogP contribution in [0.15, 0.2) is 18.2 Å². The van der Waals surface area contributed by atoms with Crippen LogP contribution in [0.25, 0.3) is 0 Å². The van der Waals surface area contributed by atoms with Crippen molar-refractivity contribution in [3.8, 4) is 5.75 Å². The van der Waals surface area contributed by atoms with Gasteiger partial charge >= 0.3 is 0 Å². The molecule has 3 nitrogen and oxygen atoms in total.